The maximum Gasteiger partial charge on any atom is 0.411 e. The number of halogens is 3. The Morgan fingerprint density at radius 2 is 1.82 bits per heavy atom. The Morgan fingerprint density at radius 3 is 2.29 bits per heavy atom. The summed E-state index contributed by atoms with van der Waals surface area (Å²) in [6.45, 7) is 0. The molecule has 1 aromatic carbocycles. The molecule has 0 atom stereocenters. The van der Waals surface area contributed by atoms with Crippen LogP contribution in [0.3, 0.4) is 0 Å². The second-order valence-electron chi connectivity index (χ2n) is 3.16. The van der Waals surface area contributed by atoms with E-state index in [9.17, 15) is 22.9 Å². The molecule has 0 aromatic heterocycles. The van der Waals surface area contributed by atoms with Crippen molar-refractivity contribution in [1.29, 1.82) is 0 Å². The molecule has 0 saturated carbocycles. The summed E-state index contributed by atoms with van der Waals surface area (Å²) in [5.41, 5.74) is 0.224. The van der Waals surface area contributed by atoms with Gasteiger partial charge in [0.05, 0.1) is 0 Å². The molecule has 2 amide bonds. The van der Waals surface area contributed by atoms with Crippen LogP contribution >= 0.6 is 0 Å². The molecule has 0 unspecified atom stereocenters. The van der Waals surface area contributed by atoms with E-state index in [1.54, 1.807) is 18.2 Å². The van der Waals surface area contributed by atoms with Gasteiger partial charge in [0, 0.05) is 12.7 Å². The van der Waals surface area contributed by atoms with E-state index in [2.05, 4.69) is 0 Å². The number of amides is 2. The van der Waals surface area contributed by atoms with Crippen molar-refractivity contribution in [3.63, 3.8) is 0 Å². The predicted molar refractivity (Wildman–Crippen MR) is 54.2 cm³/mol. The van der Waals surface area contributed by atoms with Gasteiger partial charge >= 0.3 is 12.1 Å². The average Bonchev–Trinajstić information content (AvgIpc) is 2.37. The number of urea groups is 1. The third-order valence-corrected chi connectivity index (χ3v) is 2.00. The van der Waals surface area contributed by atoms with Crippen molar-refractivity contribution < 1.29 is 22.9 Å². The van der Waals surface area contributed by atoms with Crippen molar-refractivity contribution in [2.24, 2.45) is 0 Å². The zero-order chi connectivity index (χ0) is 13.1. The van der Waals surface area contributed by atoms with E-state index in [0.717, 1.165) is 7.05 Å². The van der Waals surface area contributed by atoms with E-state index < -0.39 is 23.5 Å². The number of anilines is 1. The number of nitrogens with zero attached hydrogens (tertiary/aromatic N) is 2. The van der Waals surface area contributed by atoms with Crippen LogP contribution in [0.15, 0.2) is 30.3 Å². The van der Waals surface area contributed by atoms with Crippen molar-refractivity contribution in [3.8, 4) is 0 Å². The Labute approximate surface area is 95.2 Å². The summed E-state index contributed by atoms with van der Waals surface area (Å²) in [5, 5.41) is -1.41. The molecule has 4 nitrogen and oxygen atoms in total. The van der Waals surface area contributed by atoms with Crippen LogP contribution < -0.4 is 4.90 Å². The molecule has 0 heterocycles. The first-order chi connectivity index (χ1) is 7.90. The van der Waals surface area contributed by atoms with E-state index in [0.29, 0.717) is 4.90 Å². The zero-order valence-corrected chi connectivity index (χ0v) is 8.81. The second kappa shape index (κ2) is 4.86. The summed E-state index contributed by atoms with van der Waals surface area (Å²) in [4.78, 5) is 21.9. The van der Waals surface area contributed by atoms with Crippen LogP contribution in [-0.2, 0) is 4.79 Å². The Morgan fingerprint density at radius 1 is 1.29 bits per heavy atom. The van der Waals surface area contributed by atoms with Crippen LogP contribution in [0.1, 0.15) is 0 Å². The SMILES string of the molecule is CN(C(=O)N(F)C(F)(F)C=O)c1ccccc1. The first-order valence-corrected chi connectivity index (χ1v) is 4.53. The maximum atomic E-state index is 13.0. The molecule has 0 saturated heterocycles. The van der Waals surface area contributed by atoms with Gasteiger partial charge in [0.2, 0.25) is 6.29 Å². The summed E-state index contributed by atoms with van der Waals surface area (Å²) >= 11 is 0. The summed E-state index contributed by atoms with van der Waals surface area (Å²) in [6, 6.07) is 1.53. The Balaban J connectivity index is 2.88. The first kappa shape index (κ1) is 13.0. The minimum Gasteiger partial charge on any atom is -0.295 e. The van der Waals surface area contributed by atoms with Gasteiger partial charge in [0.25, 0.3) is 0 Å². The van der Waals surface area contributed by atoms with Crippen molar-refractivity contribution in [1.82, 2.24) is 5.12 Å². The monoisotopic (exact) mass is 246 g/mol. The molecular weight excluding hydrogens is 237 g/mol. The summed E-state index contributed by atoms with van der Waals surface area (Å²) in [5.74, 6) is 0. The number of para-hydroxylation sites is 1. The lowest BCUT2D eigenvalue weighted by Gasteiger charge is -2.23. The number of carbonyl (C=O) groups is 2. The third kappa shape index (κ3) is 2.74. The third-order valence-electron chi connectivity index (χ3n) is 2.00. The molecule has 7 heteroatoms. The van der Waals surface area contributed by atoms with E-state index in [1.807, 2.05) is 0 Å². The molecule has 0 aliphatic rings. The molecular formula is C10H9F3N2O2. The zero-order valence-electron chi connectivity index (χ0n) is 8.81. The summed E-state index contributed by atoms with van der Waals surface area (Å²) in [7, 11) is 1.12. The van der Waals surface area contributed by atoms with Crippen LogP contribution in [0.4, 0.5) is 23.7 Å². The van der Waals surface area contributed by atoms with E-state index in [-0.39, 0.29) is 5.69 Å². The van der Waals surface area contributed by atoms with E-state index in [1.165, 1.54) is 12.1 Å². The van der Waals surface area contributed by atoms with Gasteiger partial charge in [-0.3, -0.25) is 9.69 Å². The number of hydrogen-bond acceptors (Lipinski definition) is 2. The minimum atomic E-state index is -4.47. The number of alkyl halides is 2. The van der Waals surface area contributed by atoms with Crippen molar-refractivity contribution in [2.45, 2.75) is 6.05 Å². The van der Waals surface area contributed by atoms with Crippen LogP contribution in [-0.4, -0.2) is 30.5 Å². The number of benzene rings is 1. The Kier molecular flexibility index (Phi) is 3.72. The summed E-state index contributed by atoms with van der Waals surface area (Å²) in [6.07, 6.45) is -0.941. The standard InChI is InChI=1S/C10H9F3N2O2/c1-14(8-5-3-2-4-6-8)9(17)15(13)10(11,12)7-16/h2-7H,1H3. The van der Waals surface area contributed by atoms with Gasteiger partial charge in [-0.15, -0.1) is 0 Å². The van der Waals surface area contributed by atoms with Gasteiger partial charge in [0.15, 0.2) is 0 Å². The van der Waals surface area contributed by atoms with Crippen LogP contribution in [0, 0.1) is 0 Å². The van der Waals surface area contributed by atoms with Gasteiger partial charge in [-0.1, -0.05) is 27.8 Å². The fraction of sp³-hybridized carbons (Fsp3) is 0.200. The topological polar surface area (TPSA) is 40.6 Å². The van der Waals surface area contributed by atoms with Crippen LogP contribution in [0.5, 0.6) is 0 Å². The molecule has 1 aromatic rings. The molecule has 0 radical (unpaired) electrons. The van der Waals surface area contributed by atoms with E-state index in [4.69, 9.17) is 0 Å². The largest absolute Gasteiger partial charge is 0.411 e. The number of hydrogen-bond donors (Lipinski definition) is 0. The Bertz CT molecular complexity index is 411. The number of rotatable bonds is 3. The molecule has 0 aliphatic heterocycles. The lowest BCUT2D eigenvalue weighted by Crippen LogP contribution is -2.47. The highest BCUT2D eigenvalue weighted by atomic mass is 19.3. The molecule has 1 rings (SSSR count). The van der Waals surface area contributed by atoms with Gasteiger partial charge in [-0.2, -0.15) is 8.78 Å². The smallest absolute Gasteiger partial charge is 0.295 e. The van der Waals surface area contributed by atoms with Crippen LogP contribution in [0.2, 0.25) is 0 Å². The Hall–Kier alpha value is -2.05. The predicted octanol–water partition coefficient (Wildman–Crippen LogP) is 2.22. The molecule has 17 heavy (non-hydrogen) atoms. The fourth-order valence-electron chi connectivity index (χ4n) is 1.07. The van der Waals surface area contributed by atoms with Gasteiger partial charge in [-0.25, -0.2) is 4.79 Å². The van der Waals surface area contributed by atoms with Gasteiger partial charge < -0.3 is 0 Å². The number of carbonyl (C=O) groups excluding carboxylic acids is 2. The lowest BCUT2D eigenvalue weighted by molar-refractivity contribution is -0.191. The van der Waals surface area contributed by atoms with E-state index >= 15 is 0 Å². The lowest BCUT2D eigenvalue weighted by atomic mass is 10.3. The molecule has 92 valence electrons. The first-order valence-electron chi connectivity index (χ1n) is 4.53. The van der Waals surface area contributed by atoms with Crippen molar-refractivity contribution in [2.75, 3.05) is 11.9 Å². The van der Waals surface area contributed by atoms with Crippen molar-refractivity contribution in [3.05, 3.63) is 30.3 Å². The fourth-order valence-corrected chi connectivity index (χ4v) is 1.07. The molecule has 0 bridgehead atoms. The quantitative estimate of drug-likeness (QED) is 0.466. The van der Waals surface area contributed by atoms with Gasteiger partial charge in [0.1, 0.15) is 0 Å². The highest BCUT2D eigenvalue weighted by molar-refractivity contribution is 5.92. The van der Waals surface area contributed by atoms with Crippen molar-refractivity contribution >= 4 is 18.0 Å². The minimum absolute atomic E-state index is 0.224. The number of aldehydes is 1. The average molecular weight is 246 g/mol. The highest BCUT2D eigenvalue weighted by Gasteiger charge is 2.43. The normalized spacial score (nSPS) is 10.8. The maximum absolute atomic E-state index is 13.0. The molecule has 0 aliphatic carbocycles. The molecule has 0 spiro atoms. The summed E-state index contributed by atoms with van der Waals surface area (Å²) < 4.78 is 38.2. The van der Waals surface area contributed by atoms with Crippen LogP contribution in [0.25, 0.3) is 0 Å². The molecule has 0 fully saturated rings. The second-order valence-corrected chi connectivity index (χ2v) is 3.16. The highest BCUT2D eigenvalue weighted by Crippen LogP contribution is 2.21. The van der Waals surface area contributed by atoms with Gasteiger partial charge in [-0.05, 0) is 12.1 Å². The molecule has 0 N–H and O–H groups in total.